The number of aromatic nitrogens is 4. The first kappa shape index (κ1) is 19.9. The van der Waals surface area contributed by atoms with Gasteiger partial charge < -0.3 is 10.5 Å². The van der Waals surface area contributed by atoms with Crippen LogP contribution in [0.25, 0.3) is 11.3 Å². The van der Waals surface area contributed by atoms with Gasteiger partial charge >= 0.3 is 0 Å². The molecule has 1 aliphatic carbocycles. The van der Waals surface area contributed by atoms with Gasteiger partial charge in [-0.05, 0) is 25.0 Å². The predicted octanol–water partition coefficient (Wildman–Crippen LogP) is 4.42. The molecule has 5 rings (SSSR count). The van der Waals surface area contributed by atoms with Crippen LogP contribution in [0.15, 0.2) is 36.8 Å². The van der Waals surface area contributed by atoms with Crippen molar-refractivity contribution in [2.45, 2.75) is 43.2 Å². The van der Waals surface area contributed by atoms with E-state index in [4.69, 9.17) is 10.5 Å². The molecule has 0 radical (unpaired) electrons. The van der Waals surface area contributed by atoms with Gasteiger partial charge in [0.2, 0.25) is 0 Å². The number of rotatable bonds is 4. The van der Waals surface area contributed by atoms with Crippen molar-refractivity contribution in [1.29, 1.82) is 0 Å². The summed E-state index contributed by atoms with van der Waals surface area (Å²) >= 11 is 0. The highest BCUT2D eigenvalue weighted by Crippen LogP contribution is 2.52. The summed E-state index contributed by atoms with van der Waals surface area (Å²) in [7, 11) is 0. The van der Waals surface area contributed by atoms with E-state index >= 15 is 0 Å². The number of hydrogen-bond donors (Lipinski definition) is 1. The third kappa shape index (κ3) is 3.76. The molecule has 1 aromatic carbocycles. The van der Waals surface area contributed by atoms with Crippen molar-refractivity contribution in [3.05, 3.63) is 59.7 Å². The molecule has 1 aliphatic heterocycles. The van der Waals surface area contributed by atoms with Crippen molar-refractivity contribution in [2.75, 3.05) is 12.3 Å². The van der Waals surface area contributed by atoms with Crippen molar-refractivity contribution in [3.8, 4) is 11.3 Å². The summed E-state index contributed by atoms with van der Waals surface area (Å²) in [6.45, 7) is 0.437. The monoisotopic (exact) mass is 433 g/mol. The van der Waals surface area contributed by atoms with Crippen molar-refractivity contribution in [1.82, 2.24) is 19.7 Å². The third-order valence-corrected chi connectivity index (χ3v) is 5.81. The van der Waals surface area contributed by atoms with Crippen LogP contribution in [-0.2, 0) is 4.74 Å². The standard InChI is InChI=1S/C21H19F4N5O/c22-13-1-2-14(15(23)6-13)19-20(26)27-9-16(29-19)11-3-4-31-17(5-11)12-8-28-30(10-12)18-7-21(18,24)25/h1-2,6,8-11,17-18H,3-5,7H2,(H2,26,27)/t11-,17+,18?/m0/s1. The highest BCUT2D eigenvalue weighted by molar-refractivity contribution is 5.70. The van der Waals surface area contributed by atoms with E-state index in [1.807, 2.05) is 0 Å². The zero-order chi connectivity index (χ0) is 21.8. The Morgan fingerprint density at radius 1 is 1.19 bits per heavy atom. The second kappa shape index (κ2) is 7.30. The number of nitrogens with zero attached hydrogens (tertiary/aromatic N) is 4. The van der Waals surface area contributed by atoms with Crippen LogP contribution in [0, 0.1) is 11.6 Å². The molecule has 3 heterocycles. The zero-order valence-corrected chi connectivity index (χ0v) is 16.3. The number of ether oxygens (including phenoxy) is 1. The van der Waals surface area contributed by atoms with Gasteiger partial charge in [-0.1, -0.05) is 0 Å². The molecule has 1 saturated heterocycles. The van der Waals surface area contributed by atoms with E-state index < -0.39 is 23.6 Å². The predicted molar refractivity (Wildman–Crippen MR) is 103 cm³/mol. The van der Waals surface area contributed by atoms with E-state index in [2.05, 4.69) is 15.1 Å². The quantitative estimate of drug-likeness (QED) is 0.617. The number of nitrogens with two attached hydrogens (primary N) is 1. The lowest BCUT2D eigenvalue weighted by molar-refractivity contribution is 0.00450. The molecule has 0 bridgehead atoms. The van der Waals surface area contributed by atoms with Crippen LogP contribution in [0.1, 0.15) is 48.6 Å². The van der Waals surface area contributed by atoms with Gasteiger partial charge in [0.1, 0.15) is 29.2 Å². The fourth-order valence-electron chi connectivity index (χ4n) is 3.96. The zero-order valence-electron chi connectivity index (χ0n) is 16.3. The molecule has 2 fully saturated rings. The number of halogens is 4. The Bertz CT molecular complexity index is 1130. The number of nitrogen functional groups attached to an aromatic ring is 1. The van der Waals surface area contributed by atoms with E-state index in [1.165, 1.54) is 10.7 Å². The summed E-state index contributed by atoms with van der Waals surface area (Å²) in [5.74, 6) is -4.18. The average Bonchev–Trinajstić information content (AvgIpc) is 3.14. The summed E-state index contributed by atoms with van der Waals surface area (Å²) in [6.07, 6.45) is 5.37. The van der Waals surface area contributed by atoms with Gasteiger partial charge in [0, 0.05) is 42.3 Å². The van der Waals surface area contributed by atoms with Gasteiger partial charge in [-0.15, -0.1) is 0 Å². The van der Waals surface area contributed by atoms with Crippen LogP contribution < -0.4 is 5.73 Å². The first-order valence-corrected chi connectivity index (χ1v) is 9.93. The fraction of sp³-hybridized carbons (Fsp3) is 0.381. The topological polar surface area (TPSA) is 78.9 Å². The van der Waals surface area contributed by atoms with Gasteiger partial charge in [0.05, 0.1) is 24.2 Å². The second-order valence-electron chi connectivity index (χ2n) is 7.97. The maximum atomic E-state index is 14.3. The minimum absolute atomic E-state index is 0.0458. The Kier molecular flexibility index (Phi) is 4.69. The first-order valence-electron chi connectivity index (χ1n) is 9.93. The lowest BCUT2D eigenvalue weighted by atomic mass is 9.90. The molecular formula is C21H19F4N5O. The SMILES string of the molecule is Nc1ncc([C@H]2CCO[C@@H](c3cnn(C4CC4(F)F)c3)C2)nc1-c1ccc(F)cc1F. The smallest absolute Gasteiger partial charge is 0.272 e. The minimum Gasteiger partial charge on any atom is -0.382 e. The summed E-state index contributed by atoms with van der Waals surface area (Å²) in [6, 6.07) is 2.30. The van der Waals surface area contributed by atoms with Crippen LogP contribution in [0.4, 0.5) is 23.4 Å². The van der Waals surface area contributed by atoms with E-state index in [1.54, 1.807) is 18.6 Å². The summed E-state index contributed by atoms with van der Waals surface area (Å²) < 4.78 is 61.3. The molecule has 31 heavy (non-hydrogen) atoms. The Hall–Kier alpha value is -3.01. The van der Waals surface area contributed by atoms with Crippen LogP contribution >= 0.6 is 0 Å². The molecule has 1 saturated carbocycles. The molecule has 162 valence electrons. The van der Waals surface area contributed by atoms with Crippen LogP contribution in [0.2, 0.25) is 0 Å². The maximum Gasteiger partial charge on any atom is 0.272 e. The summed E-state index contributed by atoms with van der Waals surface area (Å²) in [5, 5.41) is 4.07. The molecule has 0 amide bonds. The Morgan fingerprint density at radius 3 is 2.74 bits per heavy atom. The Morgan fingerprint density at radius 2 is 2.00 bits per heavy atom. The van der Waals surface area contributed by atoms with E-state index in [9.17, 15) is 17.6 Å². The number of anilines is 1. The molecule has 2 N–H and O–H groups in total. The minimum atomic E-state index is -2.70. The molecule has 6 nitrogen and oxygen atoms in total. The molecule has 3 atom stereocenters. The van der Waals surface area contributed by atoms with Crippen LogP contribution in [0.3, 0.4) is 0 Å². The van der Waals surface area contributed by atoms with Gasteiger partial charge in [0.15, 0.2) is 0 Å². The normalized spacial score (nSPS) is 24.8. The Labute approximate surface area is 175 Å². The van der Waals surface area contributed by atoms with Gasteiger partial charge in [-0.2, -0.15) is 5.10 Å². The van der Waals surface area contributed by atoms with E-state index in [-0.39, 0.29) is 35.5 Å². The molecule has 1 unspecified atom stereocenters. The molecule has 10 heteroatoms. The summed E-state index contributed by atoms with van der Waals surface area (Å²) in [4.78, 5) is 8.68. The second-order valence-corrected chi connectivity index (χ2v) is 7.97. The first-order chi connectivity index (χ1) is 14.8. The fourth-order valence-corrected chi connectivity index (χ4v) is 3.96. The maximum absolute atomic E-state index is 14.3. The molecule has 2 aliphatic rings. The average molecular weight is 433 g/mol. The molecule has 2 aromatic heterocycles. The van der Waals surface area contributed by atoms with E-state index in [0.29, 0.717) is 25.1 Å². The van der Waals surface area contributed by atoms with Crippen molar-refractivity contribution in [2.24, 2.45) is 0 Å². The summed E-state index contributed by atoms with van der Waals surface area (Å²) in [5.41, 5.74) is 7.47. The van der Waals surface area contributed by atoms with Crippen molar-refractivity contribution in [3.63, 3.8) is 0 Å². The van der Waals surface area contributed by atoms with E-state index in [0.717, 1.165) is 17.7 Å². The number of benzene rings is 1. The number of alkyl halides is 2. The van der Waals surface area contributed by atoms with Gasteiger partial charge in [-0.3, -0.25) is 4.68 Å². The largest absolute Gasteiger partial charge is 0.382 e. The van der Waals surface area contributed by atoms with Crippen molar-refractivity contribution < 1.29 is 22.3 Å². The van der Waals surface area contributed by atoms with Gasteiger partial charge in [0.25, 0.3) is 5.92 Å². The number of hydrogen-bond acceptors (Lipinski definition) is 5. The molecule has 3 aromatic rings. The third-order valence-electron chi connectivity index (χ3n) is 5.81. The van der Waals surface area contributed by atoms with Gasteiger partial charge in [-0.25, -0.2) is 27.5 Å². The van der Waals surface area contributed by atoms with Crippen LogP contribution in [0.5, 0.6) is 0 Å². The lowest BCUT2D eigenvalue weighted by Crippen LogP contribution is -2.20. The highest BCUT2D eigenvalue weighted by Gasteiger charge is 2.59. The highest BCUT2D eigenvalue weighted by atomic mass is 19.3. The molecular weight excluding hydrogens is 414 g/mol. The Balaban J connectivity index is 1.38. The lowest BCUT2D eigenvalue weighted by Gasteiger charge is -2.28. The van der Waals surface area contributed by atoms with Crippen molar-refractivity contribution >= 4 is 5.82 Å². The van der Waals surface area contributed by atoms with Crippen LogP contribution in [-0.4, -0.2) is 32.3 Å². The molecule has 0 spiro atoms.